The van der Waals surface area contributed by atoms with Gasteiger partial charge in [-0.1, -0.05) is 97.1 Å². The van der Waals surface area contributed by atoms with Crippen molar-refractivity contribution in [1.82, 2.24) is 0 Å². The molecule has 0 radical (unpaired) electrons. The molecule has 0 N–H and O–H groups in total. The molecule has 4 heteroatoms. The Labute approximate surface area is 196 Å². The molecule has 1 unspecified atom stereocenters. The smallest absolute Gasteiger partial charge is 0.332 e. The van der Waals surface area contributed by atoms with Crippen molar-refractivity contribution in [2.24, 2.45) is 0 Å². The predicted octanol–water partition coefficient (Wildman–Crippen LogP) is 5.91. The van der Waals surface area contributed by atoms with Crippen LogP contribution in [0.5, 0.6) is 0 Å². The summed E-state index contributed by atoms with van der Waals surface area (Å²) in [6, 6.07) is 30.3. The topological polar surface area (TPSA) is 44.8 Å². The minimum absolute atomic E-state index is 0.174. The van der Waals surface area contributed by atoms with Gasteiger partial charge in [-0.25, -0.2) is 4.79 Å². The molecule has 0 bridgehead atoms. The third kappa shape index (κ3) is 6.41. The minimum Gasteiger partial charge on any atom is -0.458 e. The van der Waals surface area contributed by atoms with Crippen molar-refractivity contribution in [2.75, 3.05) is 13.2 Å². The fourth-order valence-corrected chi connectivity index (χ4v) is 3.71. The lowest BCUT2D eigenvalue weighted by molar-refractivity contribution is -0.162. The van der Waals surface area contributed by atoms with Crippen LogP contribution >= 0.6 is 0 Å². The van der Waals surface area contributed by atoms with Gasteiger partial charge in [-0.2, -0.15) is 0 Å². The molecule has 4 nitrogen and oxygen atoms in total. The van der Waals surface area contributed by atoms with E-state index >= 15 is 0 Å². The van der Waals surface area contributed by atoms with E-state index < -0.39 is 23.3 Å². The van der Waals surface area contributed by atoms with Crippen LogP contribution in [0, 0.1) is 0 Å². The normalized spacial score (nSPS) is 12.7. The quantitative estimate of drug-likeness (QED) is 0.222. The van der Waals surface area contributed by atoms with E-state index in [1.165, 1.54) is 0 Å². The zero-order valence-corrected chi connectivity index (χ0v) is 19.6. The zero-order valence-electron chi connectivity index (χ0n) is 19.6. The van der Waals surface area contributed by atoms with Gasteiger partial charge in [0.1, 0.15) is 17.8 Å². The number of benzene rings is 3. The molecule has 3 aromatic carbocycles. The molecule has 172 valence electrons. The maximum absolute atomic E-state index is 12.1. The van der Waals surface area contributed by atoms with Gasteiger partial charge in [0, 0.05) is 0 Å². The molecule has 0 fully saturated rings. The van der Waals surface area contributed by atoms with Crippen molar-refractivity contribution >= 4 is 5.97 Å². The molecule has 0 aliphatic rings. The summed E-state index contributed by atoms with van der Waals surface area (Å²) in [5, 5.41) is 0. The van der Waals surface area contributed by atoms with E-state index in [-0.39, 0.29) is 13.2 Å². The molecule has 0 spiro atoms. The second-order valence-corrected chi connectivity index (χ2v) is 8.76. The molecular formula is C29H32O4. The van der Waals surface area contributed by atoms with E-state index in [4.69, 9.17) is 14.2 Å². The highest BCUT2D eigenvalue weighted by Gasteiger charge is 2.38. The van der Waals surface area contributed by atoms with E-state index in [0.717, 1.165) is 16.7 Å². The van der Waals surface area contributed by atoms with E-state index in [9.17, 15) is 4.79 Å². The fourth-order valence-electron chi connectivity index (χ4n) is 3.71. The average Bonchev–Trinajstić information content (AvgIpc) is 2.82. The molecule has 33 heavy (non-hydrogen) atoms. The second-order valence-electron chi connectivity index (χ2n) is 8.76. The van der Waals surface area contributed by atoms with Crippen molar-refractivity contribution < 1.29 is 19.0 Å². The molecule has 0 aliphatic carbocycles. The number of carbonyl (C=O) groups is 1. The average molecular weight is 445 g/mol. The van der Waals surface area contributed by atoms with Crippen LogP contribution in [0.2, 0.25) is 0 Å². The Morgan fingerprint density at radius 1 is 0.818 bits per heavy atom. The van der Waals surface area contributed by atoms with Gasteiger partial charge in [0.2, 0.25) is 0 Å². The maximum atomic E-state index is 12.1. The molecule has 3 rings (SSSR count). The SMILES string of the molecule is C=CC(COC(c1ccccc1)(c1ccccc1)c1ccccc1)OCC(=O)OC(C)(C)C. The minimum atomic E-state index is -0.861. The first-order valence-electron chi connectivity index (χ1n) is 11.1. The first kappa shape index (κ1) is 24.4. The number of ether oxygens (including phenoxy) is 3. The van der Waals surface area contributed by atoms with Gasteiger partial charge in [-0.05, 0) is 37.5 Å². The van der Waals surface area contributed by atoms with E-state index in [2.05, 4.69) is 43.0 Å². The Morgan fingerprint density at radius 3 is 1.61 bits per heavy atom. The highest BCUT2D eigenvalue weighted by molar-refractivity contribution is 5.71. The zero-order chi connectivity index (χ0) is 23.7. The Balaban J connectivity index is 1.92. The summed E-state index contributed by atoms with van der Waals surface area (Å²) in [5.74, 6) is -0.421. The summed E-state index contributed by atoms with van der Waals surface area (Å²) in [6.07, 6.45) is 1.16. The van der Waals surface area contributed by atoms with Gasteiger partial charge < -0.3 is 14.2 Å². The van der Waals surface area contributed by atoms with Gasteiger partial charge in [0.25, 0.3) is 0 Å². The van der Waals surface area contributed by atoms with Gasteiger partial charge in [-0.3, -0.25) is 0 Å². The number of rotatable bonds is 10. The monoisotopic (exact) mass is 444 g/mol. The lowest BCUT2D eigenvalue weighted by Gasteiger charge is -2.36. The second kappa shape index (κ2) is 11.1. The van der Waals surface area contributed by atoms with Crippen molar-refractivity contribution in [3.05, 3.63) is 120 Å². The molecule has 0 aromatic heterocycles. The highest BCUT2D eigenvalue weighted by atomic mass is 16.6. The largest absolute Gasteiger partial charge is 0.458 e. The van der Waals surface area contributed by atoms with Gasteiger partial charge in [0.05, 0.1) is 12.7 Å². The van der Waals surface area contributed by atoms with Crippen molar-refractivity contribution in [3.8, 4) is 0 Å². The summed E-state index contributed by atoms with van der Waals surface area (Å²) >= 11 is 0. The van der Waals surface area contributed by atoms with Crippen LogP contribution in [0.1, 0.15) is 37.5 Å². The highest BCUT2D eigenvalue weighted by Crippen LogP contribution is 2.40. The van der Waals surface area contributed by atoms with Crippen LogP contribution in [-0.2, 0) is 24.6 Å². The lowest BCUT2D eigenvalue weighted by atomic mass is 9.80. The fraction of sp³-hybridized carbons (Fsp3) is 0.276. The molecule has 3 aromatic rings. The molecule has 0 aliphatic heterocycles. The van der Waals surface area contributed by atoms with Crippen molar-refractivity contribution in [2.45, 2.75) is 38.1 Å². The Morgan fingerprint density at radius 2 is 1.24 bits per heavy atom. The Bertz CT molecular complexity index is 911. The standard InChI is InChI=1S/C29H32O4/c1-5-26(31-22-27(30)33-28(2,3)4)21-32-29(23-15-9-6-10-16-23,24-17-11-7-12-18-24)25-19-13-8-14-20-25/h5-20,26H,1,21-22H2,2-4H3. The summed E-state index contributed by atoms with van der Waals surface area (Å²) in [6.45, 7) is 9.38. The van der Waals surface area contributed by atoms with Crippen LogP contribution in [0.3, 0.4) is 0 Å². The summed E-state index contributed by atoms with van der Waals surface area (Å²) in [4.78, 5) is 12.1. The number of carbonyl (C=O) groups excluding carboxylic acids is 1. The van der Waals surface area contributed by atoms with Crippen LogP contribution < -0.4 is 0 Å². The van der Waals surface area contributed by atoms with Crippen molar-refractivity contribution in [1.29, 1.82) is 0 Å². The molecule has 0 saturated heterocycles. The summed E-state index contributed by atoms with van der Waals surface area (Å²) in [5.41, 5.74) is 1.57. The van der Waals surface area contributed by atoms with Gasteiger partial charge in [-0.15, -0.1) is 6.58 Å². The first-order chi connectivity index (χ1) is 15.8. The van der Waals surface area contributed by atoms with Gasteiger partial charge in [0.15, 0.2) is 0 Å². The predicted molar refractivity (Wildman–Crippen MR) is 131 cm³/mol. The van der Waals surface area contributed by atoms with E-state index in [1.807, 2.05) is 75.4 Å². The molecule has 1 atom stereocenters. The van der Waals surface area contributed by atoms with E-state index in [0.29, 0.717) is 0 Å². The first-order valence-corrected chi connectivity index (χ1v) is 11.1. The number of hydrogen-bond donors (Lipinski definition) is 0. The molecular weight excluding hydrogens is 412 g/mol. The maximum Gasteiger partial charge on any atom is 0.332 e. The van der Waals surface area contributed by atoms with Crippen LogP contribution in [0.4, 0.5) is 0 Å². The number of hydrogen-bond acceptors (Lipinski definition) is 4. The summed E-state index contributed by atoms with van der Waals surface area (Å²) in [7, 11) is 0. The van der Waals surface area contributed by atoms with E-state index in [1.54, 1.807) is 6.08 Å². The van der Waals surface area contributed by atoms with Gasteiger partial charge >= 0.3 is 5.97 Å². The summed E-state index contributed by atoms with van der Waals surface area (Å²) < 4.78 is 17.9. The Kier molecular flexibility index (Phi) is 8.21. The molecule has 0 saturated carbocycles. The lowest BCUT2D eigenvalue weighted by Crippen LogP contribution is -2.36. The van der Waals surface area contributed by atoms with Crippen LogP contribution in [0.15, 0.2) is 104 Å². The van der Waals surface area contributed by atoms with Crippen LogP contribution in [-0.4, -0.2) is 30.9 Å². The third-order valence-electron chi connectivity index (χ3n) is 5.10. The molecule has 0 heterocycles. The third-order valence-corrected chi connectivity index (χ3v) is 5.10. The van der Waals surface area contributed by atoms with Crippen LogP contribution in [0.25, 0.3) is 0 Å². The molecule has 0 amide bonds. The number of esters is 1. The Hall–Kier alpha value is -3.21. The van der Waals surface area contributed by atoms with Crippen molar-refractivity contribution in [3.63, 3.8) is 0 Å².